The molecule has 0 unspecified atom stereocenters. The van der Waals surface area contributed by atoms with Gasteiger partial charge in [0.2, 0.25) is 5.91 Å². The number of imidazole rings is 1. The minimum absolute atomic E-state index is 0.295. The lowest BCUT2D eigenvalue weighted by Crippen LogP contribution is -2.39. The molecule has 0 aliphatic carbocycles. The summed E-state index contributed by atoms with van der Waals surface area (Å²) in [6.45, 7) is 8.99. The molecule has 0 bridgehead atoms. The number of aromatic nitrogens is 2. The van der Waals surface area contributed by atoms with Gasteiger partial charge >= 0.3 is 0 Å². The Kier molecular flexibility index (Phi) is 4.04. The van der Waals surface area contributed by atoms with E-state index in [1.807, 2.05) is 18.0 Å². The van der Waals surface area contributed by atoms with Crippen LogP contribution in [-0.2, 0) is 11.3 Å². The van der Waals surface area contributed by atoms with Gasteiger partial charge in [0.15, 0.2) is 0 Å². The van der Waals surface area contributed by atoms with E-state index in [4.69, 9.17) is 0 Å². The van der Waals surface area contributed by atoms with Crippen LogP contribution in [0, 0.1) is 19.8 Å². The van der Waals surface area contributed by atoms with E-state index in [0.717, 1.165) is 38.3 Å². The first-order valence-electron chi connectivity index (χ1n) is 6.88. The van der Waals surface area contributed by atoms with Gasteiger partial charge in [-0.2, -0.15) is 0 Å². The van der Waals surface area contributed by atoms with Gasteiger partial charge in [-0.15, -0.1) is 0 Å². The molecule has 0 aromatic carbocycles. The SMILES string of the molecule is CCC(=O)N1CCC(Cn2c(C)cnc2C)CC1. The molecule has 1 aromatic rings. The molecular weight excluding hydrogens is 226 g/mol. The van der Waals surface area contributed by atoms with E-state index in [2.05, 4.69) is 23.4 Å². The second kappa shape index (κ2) is 5.55. The Labute approximate surface area is 109 Å². The third-order valence-electron chi connectivity index (χ3n) is 3.97. The van der Waals surface area contributed by atoms with Crippen LogP contribution in [0.25, 0.3) is 0 Å². The Morgan fingerprint density at radius 3 is 2.56 bits per heavy atom. The molecule has 100 valence electrons. The van der Waals surface area contributed by atoms with Crippen molar-refractivity contribution in [1.82, 2.24) is 14.5 Å². The lowest BCUT2D eigenvalue weighted by molar-refractivity contribution is -0.132. The smallest absolute Gasteiger partial charge is 0.222 e. The van der Waals surface area contributed by atoms with Crippen molar-refractivity contribution in [1.29, 1.82) is 0 Å². The van der Waals surface area contributed by atoms with Crippen LogP contribution in [0.1, 0.15) is 37.7 Å². The molecule has 1 amide bonds. The number of carbonyl (C=O) groups is 1. The van der Waals surface area contributed by atoms with Crippen molar-refractivity contribution in [3.63, 3.8) is 0 Å². The Morgan fingerprint density at radius 1 is 1.39 bits per heavy atom. The maximum absolute atomic E-state index is 11.6. The van der Waals surface area contributed by atoms with Crippen LogP contribution in [-0.4, -0.2) is 33.4 Å². The molecule has 0 saturated carbocycles. The minimum Gasteiger partial charge on any atom is -0.343 e. The zero-order valence-corrected chi connectivity index (χ0v) is 11.6. The number of carbonyl (C=O) groups excluding carboxylic acids is 1. The van der Waals surface area contributed by atoms with E-state index < -0.39 is 0 Å². The minimum atomic E-state index is 0.295. The molecule has 1 fully saturated rings. The quantitative estimate of drug-likeness (QED) is 0.823. The summed E-state index contributed by atoms with van der Waals surface area (Å²) in [7, 11) is 0. The molecule has 1 aliphatic rings. The van der Waals surface area contributed by atoms with Crippen molar-refractivity contribution < 1.29 is 4.79 Å². The van der Waals surface area contributed by atoms with E-state index in [1.54, 1.807) is 0 Å². The number of hydrogen-bond donors (Lipinski definition) is 0. The van der Waals surface area contributed by atoms with Crippen molar-refractivity contribution in [3.05, 3.63) is 17.7 Å². The van der Waals surface area contributed by atoms with Gasteiger partial charge in [0.05, 0.1) is 0 Å². The Hall–Kier alpha value is -1.32. The summed E-state index contributed by atoms with van der Waals surface area (Å²) in [4.78, 5) is 18.0. The number of amides is 1. The van der Waals surface area contributed by atoms with Gasteiger partial charge in [0, 0.05) is 37.9 Å². The van der Waals surface area contributed by atoms with Crippen LogP contribution in [0.5, 0.6) is 0 Å². The van der Waals surface area contributed by atoms with Crippen molar-refractivity contribution in [2.45, 2.75) is 46.6 Å². The summed E-state index contributed by atoms with van der Waals surface area (Å²) in [6.07, 6.45) is 4.79. The Bertz CT molecular complexity index is 397. The monoisotopic (exact) mass is 249 g/mol. The van der Waals surface area contributed by atoms with Gasteiger partial charge < -0.3 is 9.47 Å². The van der Waals surface area contributed by atoms with E-state index >= 15 is 0 Å². The summed E-state index contributed by atoms with van der Waals surface area (Å²) in [5.41, 5.74) is 1.24. The topological polar surface area (TPSA) is 38.1 Å². The van der Waals surface area contributed by atoms with Gasteiger partial charge in [-0.05, 0) is 32.6 Å². The second-order valence-corrected chi connectivity index (χ2v) is 5.24. The highest BCUT2D eigenvalue weighted by Gasteiger charge is 2.22. The van der Waals surface area contributed by atoms with Crippen molar-refractivity contribution in [2.24, 2.45) is 5.92 Å². The van der Waals surface area contributed by atoms with Gasteiger partial charge in [0.25, 0.3) is 0 Å². The van der Waals surface area contributed by atoms with Gasteiger partial charge in [-0.25, -0.2) is 4.98 Å². The highest BCUT2D eigenvalue weighted by Crippen LogP contribution is 2.21. The summed E-state index contributed by atoms with van der Waals surface area (Å²) < 4.78 is 2.29. The van der Waals surface area contributed by atoms with E-state index in [1.165, 1.54) is 5.69 Å². The summed E-state index contributed by atoms with van der Waals surface area (Å²) >= 11 is 0. The molecular formula is C14H23N3O. The lowest BCUT2D eigenvalue weighted by Gasteiger charge is -2.32. The number of likely N-dealkylation sites (tertiary alicyclic amines) is 1. The lowest BCUT2D eigenvalue weighted by atomic mass is 9.96. The molecule has 0 N–H and O–H groups in total. The van der Waals surface area contributed by atoms with Crippen LogP contribution in [0.4, 0.5) is 0 Å². The number of nitrogens with zero attached hydrogens (tertiary/aromatic N) is 3. The summed E-state index contributed by atoms with van der Waals surface area (Å²) in [5, 5.41) is 0. The predicted octanol–water partition coefficient (Wildman–Crippen LogP) is 2.15. The third-order valence-corrected chi connectivity index (χ3v) is 3.97. The molecule has 4 heteroatoms. The Balaban J connectivity index is 1.89. The van der Waals surface area contributed by atoms with Crippen molar-refractivity contribution in [3.8, 4) is 0 Å². The number of rotatable bonds is 3. The fourth-order valence-electron chi connectivity index (χ4n) is 2.70. The van der Waals surface area contributed by atoms with Crippen LogP contribution in [0.15, 0.2) is 6.20 Å². The molecule has 2 heterocycles. The highest BCUT2D eigenvalue weighted by atomic mass is 16.2. The number of hydrogen-bond acceptors (Lipinski definition) is 2. The van der Waals surface area contributed by atoms with E-state index in [-0.39, 0.29) is 0 Å². The first kappa shape index (κ1) is 13.1. The van der Waals surface area contributed by atoms with E-state index in [9.17, 15) is 4.79 Å². The van der Waals surface area contributed by atoms with Crippen molar-refractivity contribution >= 4 is 5.91 Å². The normalized spacial score (nSPS) is 17.2. The molecule has 0 radical (unpaired) electrons. The molecule has 1 aliphatic heterocycles. The van der Waals surface area contributed by atoms with Gasteiger partial charge in [0.1, 0.15) is 5.82 Å². The van der Waals surface area contributed by atoms with Crippen LogP contribution < -0.4 is 0 Å². The maximum atomic E-state index is 11.6. The summed E-state index contributed by atoms with van der Waals surface area (Å²) in [6, 6.07) is 0. The molecule has 0 atom stereocenters. The molecule has 0 spiro atoms. The average Bonchev–Trinajstić information content (AvgIpc) is 2.70. The second-order valence-electron chi connectivity index (χ2n) is 5.24. The zero-order valence-electron chi connectivity index (χ0n) is 11.6. The molecule has 1 aromatic heterocycles. The molecule has 18 heavy (non-hydrogen) atoms. The first-order chi connectivity index (χ1) is 8.61. The molecule has 4 nitrogen and oxygen atoms in total. The van der Waals surface area contributed by atoms with Crippen LogP contribution >= 0.6 is 0 Å². The summed E-state index contributed by atoms with van der Waals surface area (Å²) in [5.74, 6) is 2.07. The van der Waals surface area contributed by atoms with Gasteiger partial charge in [-0.1, -0.05) is 6.92 Å². The standard InChI is InChI=1S/C14H23N3O/c1-4-14(18)16-7-5-13(6-8-16)10-17-11(2)9-15-12(17)3/h9,13H,4-8,10H2,1-3H3. The third kappa shape index (κ3) is 2.74. The zero-order chi connectivity index (χ0) is 13.1. The average molecular weight is 249 g/mol. The fourth-order valence-corrected chi connectivity index (χ4v) is 2.70. The van der Waals surface area contributed by atoms with Gasteiger partial charge in [-0.3, -0.25) is 4.79 Å². The first-order valence-corrected chi connectivity index (χ1v) is 6.88. The molecule has 1 saturated heterocycles. The predicted molar refractivity (Wildman–Crippen MR) is 71.3 cm³/mol. The van der Waals surface area contributed by atoms with Crippen LogP contribution in [0.3, 0.4) is 0 Å². The van der Waals surface area contributed by atoms with E-state index in [0.29, 0.717) is 18.2 Å². The Morgan fingerprint density at radius 2 is 2.06 bits per heavy atom. The molecule has 2 rings (SSSR count). The number of piperidine rings is 1. The fraction of sp³-hybridized carbons (Fsp3) is 0.714. The number of aryl methyl sites for hydroxylation is 2. The highest BCUT2D eigenvalue weighted by molar-refractivity contribution is 5.75. The van der Waals surface area contributed by atoms with Crippen LogP contribution in [0.2, 0.25) is 0 Å². The largest absolute Gasteiger partial charge is 0.343 e. The maximum Gasteiger partial charge on any atom is 0.222 e. The van der Waals surface area contributed by atoms with Crippen molar-refractivity contribution in [2.75, 3.05) is 13.1 Å².